The van der Waals surface area contributed by atoms with Crippen molar-refractivity contribution in [1.82, 2.24) is 4.57 Å². The molecular formula is C26H29N3O5. The van der Waals surface area contributed by atoms with E-state index in [4.69, 9.17) is 18.9 Å². The number of nitrogens with zero attached hydrogens (tertiary/aromatic N) is 2. The molecule has 1 amide bonds. The summed E-state index contributed by atoms with van der Waals surface area (Å²) in [5.74, 6) is 0.728. The van der Waals surface area contributed by atoms with Crippen LogP contribution in [0.1, 0.15) is 31.9 Å². The van der Waals surface area contributed by atoms with E-state index in [1.807, 2.05) is 42.5 Å². The first kappa shape index (κ1) is 23.6. The van der Waals surface area contributed by atoms with Crippen LogP contribution in [-0.4, -0.2) is 50.3 Å². The fraction of sp³-hybridized carbons (Fsp3) is 0.385. The van der Waals surface area contributed by atoms with Gasteiger partial charge in [0.1, 0.15) is 24.5 Å². The first-order valence-electron chi connectivity index (χ1n) is 11.4. The van der Waals surface area contributed by atoms with Gasteiger partial charge < -0.3 is 23.5 Å². The average molecular weight is 464 g/mol. The molecule has 0 bridgehead atoms. The lowest BCUT2D eigenvalue weighted by molar-refractivity contribution is 0.0932. The van der Waals surface area contributed by atoms with Crippen LogP contribution in [0.15, 0.2) is 42.5 Å². The molecule has 1 aliphatic heterocycles. The second-order valence-corrected chi connectivity index (χ2v) is 8.41. The van der Waals surface area contributed by atoms with Gasteiger partial charge in [0.25, 0.3) is 0 Å². The molecule has 8 nitrogen and oxygen atoms in total. The average Bonchev–Trinajstić information content (AvgIpc) is 3.44. The first-order chi connectivity index (χ1) is 16.5. The standard InChI is InChI=1S/C26H29N3O5/c1-17(2)29-24-14-20(33-13-12-31-3)8-9-22(24)23(15-27)25(29)18-4-6-19(7-5-18)28-26(30)34-21-10-11-32-16-21/h4-9,14,17,21H,10-13,16H2,1-3H3,(H,28,30)/t21-/m0/s1. The highest BCUT2D eigenvalue weighted by Gasteiger charge is 2.22. The second-order valence-electron chi connectivity index (χ2n) is 8.41. The van der Waals surface area contributed by atoms with Gasteiger partial charge in [-0.25, -0.2) is 4.79 Å². The molecular weight excluding hydrogens is 434 g/mol. The Labute approximate surface area is 199 Å². The second kappa shape index (κ2) is 10.6. The molecule has 0 unspecified atom stereocenters. The van der Waals surface area contributed by atoms with Crippen molar-refractivity contribution in [2.45, 2.75) is 32.4 Å². The Morgan fingerprint density at radius 1 is 1.24 bits per heavy atom. The molecule has 0 saturated carbocycles. The number of hydrogen-bond acceptors (Lipinski definition) is 6. The maximum Gasteiger partial charge on any atom is 0.411 e. The van der Waals surface area contributed by atoms with Gasteiger partial charge in [-0.1, -0.05) is 12.1 Å². The van der Waals surface area contributed by atoms with Crippen molar-refractivity contribution in [3.05, 3.63) is 48.0 Å². The zero-order chi connectivity index (χ0) is 24.1. The minimum atomic E-state index is -0.502. The van der Waals surface area contributed by atoms with E-state index >= 15 is 0 Å². The van der Waals surface area contributed by atoms with Crippen LogP contribution < -0.4 is 10.1 Å². The van der Waals surface area contributed by atoms with Crippen molar-refractivity contribution < 1.29 is 23.7 Å². The summed E-state index contributed by atoms with van der Waals surface area (Å²) in [6.45, 7) is 6.16. The van der Waals surface area contributed by atoms with Crippen molar-refractivity contribution in [3.63, 3.8) is 0 Å². The molecule has 8 heteroatoms. The SMILES string of the molecule is COCCOc1ccc2c(C#N)c(-c3ccc(NC(=O)O[C@H]4CCOC4)cc3)n(C(C)C)c2c1. The number of nitrogens with one attached hydrogen (secondary N) is 1. The molecule has 4 rings (SSSR count). The summed E-state index contributed by atoms with van der Waals surface area (Å²) in [6, 6.07) is 15.7. The number of benzene rings is 2. The normalized spacial score (nSPS) is 15.4. The van der Waals surface area contributed by atoms with Crippen LogP contribution >= 0.6 is 0 Å². The van der Waals surface area contributed by atoms with E-state index in [0.29, 0.717) is 44.1 Å². The van der Waals surface area contributed by atoms with E-state index in [-0.39, 0.29) is 12.1 Å². The van der Waals surface area contributed by atoms with E-state index in [2.05, 4.69) is 29.8 Å². The van der Waals surface area contributed by atoms with Gasteiger partial charge >= 0.3 is 6.09 Å². The molecule has 1 saturated heterocycles. The number of ether oxygens (including phenoxy) is 4. The Kier molecular flexibility index (Phi) is 7.36. The van der Waals surface area contributed by atoms with Gasteiger partial charge in [0, 0.05) is 36.7 Å². The Bertz CT molecular complexity index is 1190. The van der Waals surface area contributed by atoms with Crippen LogP contribution in [0.4, 0.5) is 10.5 Å². The molecule has 0 spiro atoms. The number of methoxy groups -OCH3 is 1. The van der Waals surface area contributed by atoms with Gasteiger partial charge in [-0.2, -0.15) is 5.26 Å². The third kappa shape index (κ3) is 5.01. The molecule has 0 radical (unpaired) electrons. The minimum absolute atomic E-state index is 0.107. The highest BCUT2D eigenvalue weighted by Crippen LogP contribution is 2.38. The molecule has 0 aliphatic carbocycles. The summed E-state index contributed by atoms with van der Waals surface area (Å²) in [7, 11) is 1.64. The van der Waals surface area contributed by atoms with Crippen molar-refractivity contribution in [2.24, 2.45) is 0 Å². The zero-order valence-electron chi connectivity index (χ0n) is 19.7. The van der Waals surface area contributed by atoms with Crippen LogP contribution in [-0.2, 0) is 14.2 Å². The van der Waals surface area contributed by atoms with Gasteiger partial charge in [0.05, 0.1) is 36.6 Å². The summed E-state index contributed by atoms with van der Waals surface area (Å²) >= 11 is 0. The molecule has 2 heterocycles. The van der Waals surface area contributed by atoms with Crippen LogP contribution in [0.25, 0.3) is 22.2 Å². The number of carbonyl (C=O) groups excluding carboxylic acids is 1. The summed E-state index contributed by atoms with van der Waals surface area (Å²) in [6.07, 6.45) is 0.00294. The minimum Gasteiger partial charge on any atom is -0.491 e. The molecule has 1 atom stereocenters. The van der Waals surface area contributed by atoms with Crippen molar-refractivity contribution in [3.8, 4) is 23.1 Å². The molecule has 2 aromatic carbocycles. The van der Waals surface area contributed by atoms with Crippen LogP contribution in [0.5, 0.6) is 5.75 Å². The Balaban J connectivity index is 1.63. The van der Waals surface area contributed by atoms with E-state index in [1.54, 1.807) is 7.11 Å². The summed E-state index contributed by atoms with van der Waals surface area (Å²) in [5.41, 5.74) is 3.87. The smallest absolute Gasteiger partial charge is 0.411 e. The summed E-state index contributed by atoms with van der Waals surface area (Å²) < 4.78 is 23.6. The quantitative estimate of drug-likeness (QED) is 0.466. The third-order valence-electron chi connectivity index (χ3n) is 5.73. The number of hydrogen-bond donors (Lipinski definition) is 1. The molecule has 3 aromatic rings. The van der Waals surface area contributed by atoms with E-state index in [0.717, 1.165) is 27.9 Å². The fourth-order valence-electron chi connectivity index (χ4n) is 4.17. The third-order valence-corrected chi connectivity index (χ3v) is 5.73. The predicted molar refractivity (Wildman–Crippen MR) is 129 cm³/mol. The summed E-state index contributed by atoms with van der Waals surface area (Å²) in [4.78, 5) is 12.2. The van der Waals surface area contributed by atoms with Gasteiger partial charge in [0.15, 0.2) is 0 Å². The molecule has 1 N–H and O–H groups in total. The number of fused-ring (bicyclic) bond motifs is 1. The van der Waals surface area contributed by atoms with Crippen LogP contribution in [0.3, 0.4) is 0 Å². The van der Waals surface area contributed by atoms with E-state index in [9.17, 15) is 10.1 Å². The van der Waals surface area contributed by atoms with Crippen molar-refractivity contribution in [1.29, 1.82) is 5.26 Å². The van der Waals surface area contributed by atoms with Crippen LogP contribution in [0, 0.1) is 11.3 Å². The van der Waals surface area contributed by atoms with Gasteiger partial charge in [-0.3, -0.25) is 5.32 Å². The van der Waals surface area contributed by atoms with Gasteiger partial charge in [-0.15, -0.1) is 0 Å². The lowest BCUT2D eigenvalue weighted by Gasteiger charge is -2.16. The summed E-state index contributed by atoms with van der Waals surface area (Å²) in [5, 5.41) is 13.7. The topological polar surface area (TPSA) is 94.7 Å². The Morgan fingerprint density at radius 2 is 2.03 bits per heavy atom. The highest BCUT2D eigenvalue weighted by atomic mass is 16.6. The maximum absolute atomic E-state index is 12.2. The molecule has 1 aliphatic rings. The fourth-order valence-corrected chi connectivity index (χ4v) is 4.17. The van der Waals surface area contributed by atoms with Crippen LogP contribution in [0.2, 0.25) is 0 Å². The first-order valence-corrected chi connectivity index (χ1v) is 11.4. The van der Waals surface area contributed by atoms with Gasteiger partial charge in [-0.05, 0) is 43.7 Å². The largest absolute Gasteiger partial charge is 0.491 e. The lowest BCUT2D eigenvalue weighted by atomic mass is 10.1. The number of aromatic nitrogens is 1. The van der Waals surface area contributed by atoms with E-state index < -0.39 is 6.09 Å². The number of nitriles is 1. The molecule has 178 valence electrons. The predicted octanol–water partition coefficient (Wildman–Crippen LogP) is 5.12. The molecule has 34 heavy (non-hydrogen) atoms. The Hall–Kier alpha value is -3.54. The van der Waals surface area contributed by atoms with E-state index in [1.165, 1.54) is 0 Å². The number of amides is 1. The zero-order valence-corrected chi connectivity index (χ0v) is 19.7. The van der Waals surface area contributed by atoms with Crippen molar-refractivity contribution in [2.75, 3.05) is 38.9 Å². The number of rotatable bonds is 8. The monoisotopic (exact) mass is 463 g/mol. The van der Waals surface area contributed by atoms with Gasteiger partial charge in [0.2, 0.25) is 0 Å². The lowest BCUT2D eigenvalue weighted by Crippen LogP contribution is -2.22. The highest BCUT2D eigenvalue weighted by molar-refractivity contribution is 5.95. The van der Waals surface area contributed by atoms with Crippen molar-refractivity contribution >= 4 is 22.7 Å². The Morgan fingerprint density at radius 3 is 2.68 bits per heavy atom. The number of anilines is 1. The molecule has 1 fully saturated rings. The molecule has 1 aromatic heterocycles. The number of carbonyl (C=O) groups is 1. The maximum atomic E-state index is 12.2.